The van der Waals surface area contributed by atoms with Crippen LogP contribution in [-0.2, 0) is 5.41 Å². The predicted molar refractivity (Wildman–Crippen MR) is 130 cm³/mol. The highest BCUT2D eigenvalue weighted by Gasteiger charge is 2.44. The van der Waals surface area contributed by atoms with E-state index in [0.29, 0.717) is 22.9 Å². The Labute approximate surface area is 205 Å². The van der Waals surface area contributed by atoms with Crippen molar-refractivity contribution in [3.05, 3.63) is 57.3 Å². The van der Waals surface area contributed by atoms with Gasteiger partial charge in [0.15, 0.2) is 11.5 Å². The topological polar surface area (TPSA) is 50.2 Å². The van der Waals surface area contributed by atoms with Crippen molar-refractivity contribution in [2.75, 3.05) is 0 Å². The Balaban J connectivity index is 0.000000245. The van der Waals surface area contributed by atoms with Gasteiger partial charge in [0.2, 0.25) is 5.92 Å². The van der Waals surface area contributed by atoms with Gasteiger partial charge in [0.25, 0.3) is 0 Å². The summed E-state index contributed by atoms with van der Waals surface area (Å²) in [6.07, 6.45) is 2.26. The summed E-state index contributed by atoms with van der Waals surface area (Å²) in [6, 6.07) is 6.72. The number of aromatic nitrogens is 1. The molecule has 1 saturated carbocycles. The monoisotopic (exact) mass is 521 g/mol. The second-order valence-corrected chi connectivity index (χ2v) is 11.0. The van der Waals surface area contributed by atoms with Crippen LogP contribution in [0, 0.1) is 5.41 Å². The number of pyridine rings is 1. The Morgan fingerprint density at radius 1 is 1.21 bits per heavy atom. The van der Waals surface area contributed by atoms with Gasteiger partial charge in [-0.15, -0.1) is 0 Å². The van der Waals surface area contributed by atoms with E-state index in [-0.39, 0.29) is 41.2 Å². The van der Waals surface area contributed by atoms with Gasteiger partial charge in [-0.25, -0.2) is 18.2 Å². The molecule has 33 heavy (non-hydrogen) atoms. The highest BCUT2D eigenvalue weighted by Crippen LogP contribution is 2.51. The molecule has 3 unspecified atom stereocenters. The molecule has 1 aromatic carbocycles. The van der Waals surface area contributed by atoms with Gasteiger partial charge in [-0.3, -0.25) is 4.79 Å². The van der Waals surface area contributed by atoms with Crippen molar-refractivity contribution in [3.8, 4) is 5.75 Å². The summed E-state index contributed by atoms with van der Waals surface area (Å²) in [6.45, 7) is 6.67. The molecule has 2 aromatic rings. The van der Waals surface area contributed by atoms with Crippen molar-refractivity contribution < 1.29 is 23.1 Å². The summed E-state index contributed by atoms with van der Waals surface area (Å²) in [5, 5.41) is 9.09. The molecular formula is C24H29Cl2F3NO2P. The van der Waals surface area contributed by atoms with Crippen molar-refractivity contribution in [2.45, 2.75) is 70.6 Å². The SMILES string of the molecule is CC(=O)c1nccc(C(C)(F)P)c1O.CC(c1cc(Cl)ccc1Cl)C1(C)CCC(F)(F)CC1. The number of benzene rings is 1. The molecule has 0 bridgehead atoms. The molecule has 1 N–H and O–H groups in total. The first kappa shape index (κ1) is 27.9. The normalized spacial score (nSPS) is 19.6. The zero-order valence-electron chi connectivity index (χ0n) is 19.1. The molecule has 3 nitrogen and oxygen atoms in total. The van der Waals surface area contributed by atoms with E-state index in [1.54, 1.807) is 12.1 Å². The summed E-state index contributed by atoms with van der Waals surface area (Å²) >= 11 is 12.2. The second-order valence-electron chi connectivity index (χ2n) is 9.09. The van der Waals surface area contributed by atoms with E-state index in [1.807, 2.05) is 15.3 Å². The van der Waals surface area contributed by atoms with E-state index >= 15 is 0 Å². The van der Waals surface area contributed by atoms with Crippen molar-refractivity contribution in [1.82, 2.24) is 4.98 Å². The zero-order chi connectivity index (χ0) is 25.2. The highest BCUT2D eigenvalue weighted by atomic mass is 35.5. The molecular weight excluding hydrogens is 493 g/mol. The predicted octanol–water partition coefficient (Wildman–Crippen LogP) is 8.32. The van der Waals surface area contributed by atoms with Crippen molar-refractivity contribution in [1.29, 1.82) is 0 Å². The van der Waals surface area contributed by atoms with Crippen LogP contribution in [0.15, 0.2) is 30.5 Å². The lowest BCUT2D eigenvalue weighted by Crippen LogP contribution is -2.34. The van der Waals surface area contributed by atoms with Gasteiger partial charge in [0.1, 0.15) is 11.1 Å². The second kappa shape index (κ2) is 10.5. The van der Waals surface area contributed by atoms with Crippen molar-refractivity contribution in [2.24, 2.45) is 5.41 Å². The molecule has 1 aliphatic carbocycles. The number of rotatable bonds is 4. The first-order valence-corrected chi connectivity index (χ1v) is 11.9. The lowest BCUT2D eigenvalue weighted by Gasteiger charge is -2.42. The van der Waals surface area contributed by atoms with Gasteiger partial charge < -0.3 is 5.11 Å². The number of hydrogen-bond acceptors (Lipinski definition) is 3. The number of nitrogens with zero attached hydrogens (tertiary/aromatic N) is 1. The first-order chi connectivity index (χ1) is 15.1. The summed E-state index contributed by atoms with van der Waals surface area (Å²) < 4.78 is 40.1. The third-order valence-electron chi connectivity index (χ3n) is 6.38. The fourth-order valence-corrected chi connectivity index (χ4v) is 4.64. The molecule has 1 aliphatic rings. The molecule has 1 fully saturated rings. The van der Waals surface area contributed by atoms with E-state index in [0.717, 1.165) is 5.56 Å². The van der Waals surface area contributed by atoms with E-state index < -0.39 is 17.1 Å². The summed E-state index contributed by atoms with van der Waals surface area (Å²) in [5.74, 6) is -3.16. The molecule has 0 aliphatic heterocycles. The number of ketones is 1. The maximum Gasteiger partial charge on any atom is 0.248 e. The quantitative estimate of drug-likeness (QED) is 0.325. The van der Waals surface area contributed by atoms with E-state index in [4.69, 9.17) is 23.2 Å². The van der Waals surface area contributed by atoms with Crippen LogP contribution >= 0.6 is 32.4 Å². The van der Waals surface area contributed by atoms with E-state index in [9.17, 15) is 23.1 Å². The number of aromatic hydroxyl groups is 1. The van der Waals surface area contributed by atoms with Gasteiger partial charge in [0, 0.05) is 41.6 Å². The number of Topliss-reactive ketones (excluding diaryl/α,β-unsaturated/α-hetero) is 1. The van der Waals surface area contributed by atoms with Crippen LogP contribution in [0.4, 0.5) is 13.2 Å². The number of carbonyl (C=O) groups excluding carboxylic acids is 1. The molecule has 0 saturated heterocycles. The zero-order valence-corrected chi connectivity index (χ0v) is 21.7. The average molecular weight is 522 g/mol. The number of hydrogen-bond donors (Lipinski definition) is 1. The largest absolute Gasteiger partial charge is 0.505 e. The van der Waals surface area contributed by atoms with Gasteiger partial charge in [-0.05, 0) is 60.9 Å². The van der Waals surface area contributed by atoms with E-state index in [1.165, 1.54) is 26.1 Å². The summed E-state index contributed by atoms with van der Waals surface area (Å²) in [5.41, 5.74) is 0.758. The third-order valence-corrected chi connectivity index (χ3v) is 7.27. The molecule has 9 heteroatoms. The first-order valence-electron chi connectivity index (χ1n) is 10.6. The maximum atomic E-state index is 13.5. The Morgan fingerprint density at radius 3 is 2.30 bits per heavy atom. The van der Waals surface area contributed by atoms with Gasteiger partial charge in [-0.1, -0.05) is 46.3 Å². The number of carbonyl (C=O) groups is 1. The molecule has 0 amide bonds. The highest BCUT2D eigenvalue weighted by molar-refractivity contribution is 7.18. The fraction of sp³-hybridized carbons (Fsp3) is 0.500. The van der Waals surface area contributed by atoms with Crippen LogP contribution in [0.1, 0.15) is 80.9 Å². The molecule has 3 atom stereocenters. The van der Waals surface area contributed by atoms with Gasteiger partial charge in [0.05, 0.1) is 0 Å². The molecule has 0 spiro atoms. The molecule has 1 heterocycles. The minimum Gasteiger partial charge on any atom is -0.505 e. The van der Waals surface area contributed by atoms with Gasteiger partial charge in [-0.2, -0.15) is 0 Å². The molecule has 0 radical (unpaired) electrons. The lowest BCUT2D eigenvalue weighted by atomic mass is 9.65. The van der Waals surface area contributed by atoms with Gasteiger partial charge >= 0.3 is 0 Å². The van der Waals surface area contributed by atoms with Crippen LogP contribution in [0.3, 0.4) is 0 Å². The molecule has 3 rings (SSSR count). The van der Waals surface area contributed by atoms with Crippen LogP contribution < -0.4 is 0 Å². The molecule has 182 valence electrons. The molecule has 1 aromatic heterocycles. The smallest absolute Gasteiger partial charge is 0.248 e. The summed E-state index contributed by atoms with van der Waals surface area (Å²) in [4.78, 5) is 14.7. The summed E-state index contributed by atoms with van der Waals surface area (Å²) in [7, 11) is 1.95. The lowest BCUT2D eigenvalue weighted by molar-refractivity contribution is -0.0678. The minimum atomic E-state index is -2.50. The number of halogens is 5. The van der Waals surface area contributed by atoms with E-state index in [2.05, 4.69) is 18.8 Å². The number of alkyl halides is 3. The van der Waals surface area contributed by atoms with Crippen molar-refractivity contribution >= 4 is 38.2 Å². The third kappa shape index (κ3) is 7.07. The van der Waals surface area contributed by atoms with Crippen LogP contribution in [-0.4, -0.2) is 21.8 Å². The standard InChI is InChI=1S/C15H18Cl2F2.C9H11FNO2P/c1-10(12-9-11(16)3-4-13(12)17)14(2)5-7-15(18,19)8-6-14;1-5(12)7-8(13)6(3-4-11-7)9(2,10)14/h3-4,9-10H,5-8H2,1-2H3;3-4,13H,14H2,1-2H3. The fourth-order valence-electron chi connectivity index (χ4n) is 3.95. The van der Waals surface area contributed by atoms with Crippen LogP contribution in [0.5, 0.6) is 5.75 Å². The Kier molecular flexibility index (Phi) is 8.87. The Morgan fingerprint density at radius 2 is 1.79 bits per heavy atom. The maximum absolute atomic E-state index is 13.5. The average Bonchev–Trinajstić information content (AvgIpc) is 2.71. The Bertz CT molecular complexity index is 1000. The minimum absolute atomic E-state index is 0.0357. The van der Waals surface area contributed by atoms with Crippen molar-refractivity contribution in [3.63, 3.8) is 0 Å². The van der Waals surface area contributed by atoms with Crippen LogP contribution in [0.2, 0.25) is 10.0 Å². The Hall–Kier alpha value is -1.36. The van der Waals surface area contributed by atoms with Crippen LogP contribution in [0.25, 0.3) is 0 Å².